The first kappa shape index (κ1) is 24.0. The van der Waals surface area contributed by atoms with Crippen molar-refractivity contribution < 1.29 is 18.3 Å². The molecule has 0 spiro atoms. The van der Waals surface area contributed by atoms with Crippen molar-refractivity contribution in [1.82, 2.24) is 10.6 Å². The Morgan fingerprint density at radius 3 is 2.77 bits per heavy atom. The Labute approximate surface area is 192 Å². The number of nitrogens with zero attached hydrogens (tertiary/aromatic N) is 2. The van der Waals surface area contributed by atoms with E-state index in [2.05, 4.69) is 31.3 Å². The maximum Gasteiger partial charge on any atom is 0.387 e. The van der Waals surface area contributed by atoms with E-state index >= 15 is 0 Å². The molecule has 0 aromatic heterocycles. The summed E-state index contributed by atoms with van der Waals surface area (Å²) in [6.45, 7) is -0.634. The van der Waals surface area contributed by atoms with Gasteiger partial charge < -0.3 is 25.0 Å². The van der Waals surface area contributed by atoms with Gasteiger partial charge in [0.05, 0.1) is 12.8 Å². The summed E-state index contributed by atoms with van der Waals surface area (Å²) in [5, 5.41) is 6.65. The van der Waals surface area contributed by atoms with E-state index in [0.29, 0.717) is 12.5 Å². The topological polar surface area (TPSA) is 58.1 Å². The van der Waals surface area contributed by atoms with Gasteiger partial charge in [0.15, 0.2) is 5.96 Å². The van der Waals surface area contributed by atoms with Crippen LogP contribution < -0.4 is 25.0 Å². The fraction of sp³-hybridized carbons (Fsp3) is 0.381. The van der Waals surface area contributed by atoms with E-state index in [0.717, 1.165) is 36.5 Å². The molecule has 0 radical (unpaired) electrons. The van der Waals surface area contributed by atoms with Crippen molar-refractivity contribution in [2.45, 2.75) is 25.6 Å². The number of hydrogen-bond acceptors (Lipinski definition) is 4. The van der Waals surface area contributed by atoms with Crippen molar-refractivity contribution in [2.24, 2.45) is 4.99 Å². The molecule has 1 atom stereocenters. The van der Waals surface area contributed by atoms with Crippen LogP contribution in [0.2, 0.25) is 0 Å². The molecule has 2 aromatic rings. The minimum absolute atomic E-state index is 0. The van der Waals surface area contributed by atoms with Crippen molar-refractivity contribution >= 4 is 35.6 Å². The average Bonchev–Trinajstić information content (AvgIpc) is 3.19. The Balaban J connectivity index is 0.00000320. The molecule has 0 saturated carbocycles. The van der Waals surface area contributed by atoms with Gasteiger partial charge in [0.2, 0.25) is 0 Å². The van der Waals surface area contributed by atoms with Crippen LogP contribution in [0.15, 0.2) is 53.5 Å². The van der Waals surface area contributed by atoms with E-state index in [1.165, 1.54) is 6.07 Å². The molecule has 0 aliphatic carbocycles. The summed E-state index contributed by atoms with van der Waals surface area (Å²) in [5.41, 5.74) is 1.91. The number of aliphatic imine (C=N–C) groups is 1. The molecule has 0 amide bonds. The number of guanidine groups is 1. The van der Waals surface area contributed by atoms with Gasteiger partial charge in [-0.05, 0) is 36.2 Å². The lowest BCUT2D eigenvalue weighted by atomic mass is 10.2. The molecule has 30 heavy (non-hydrogen) atoms. The van der Waals surface area contributed by atoms with Gasteiger partial charge in [-0.1, -0.05) is 24.3 Å². The van der Waals surface area contributed by atoms with Gasteiger partial charge in [-0.15, -0.1) is 24.0 Å². The summed E-state index contributed by atoms with van der Waals surface area (Å²) in [7, 11) is 3.39. The summed E-state index contributed by atoms with van der Waals surface area (Å²) in [5.74, 6) is 1.67. The zero-order valence-electron chi connectivity index (χ0n) is 17.0. The molecular weight excluding hydrogens is 505 g/mol. The van der Waals surface area contributed by atoms with Gasteiger partial charge in [0, 0.05) is 32.7 Å². The fourth-order valence-corrected chi connectivity index (χ4v) is 3.39. The predicted molar refractivity (Wildman–Crippen MR) is 125 cm³/mol. The number of benzene rings is 2. The van der Waals surface area contributed by atoms with E-state index in [9.17, 15) is 8.78 Å². The molecule has 1 fully saturated rings. The second kappa shape index (κ2) is 11.8. The van der Waals surface area contributed by atoms with Gasteiger partial charge in [0.1, 0.15) is 11.5 Å². The first-order chi connectivity index (χ1) is 14.1. The number of methoxy groups -OCH3 is 1. The number of nitrogens with one attached hydrogen (secondary N) is 2. The third kappa shape index (κ3) is 6.61. The largest absolute Gasteiger partial charge is 0.495 e. The standard InChI is InChI=1S/C21H26F2N4O2.HI/c1-24-21(25-13-15-6-5-7-17(12-15)29-20(22)23)26-16-10-11-27(14-16)18-8-3-4-9-19(18)28-2;/h3-9,12,16,20H,10-11,13-14H2,1-2H3,(H2,24,25,26);1H. The van der Waals surface area contributed by atoms with Crippen LogP contribution in [0.1, 0.15) is 12.0 Å². The zero-order chi connectivity index (χ0) is 20.6. The third-order valence-electron chi connectivity index (χ3n) is 4.76. The number of ether oxygens (including phenoxy) is 2. The highest BCUT2D eigenvalue weighted by atomic mass is 127. The lowest BCUT2D eigenvalue weighted by molar-refractivity contribution is -0.0498. The lowest BCUT2D eigenvalue weighted by Gasteiger charge is -2.22. The molecular formula is C21H27F2IN4O2. The van der Waals surface area contributed by atoms with Gasteiger partial charge in [0.25, 0.3) is 0 Å². The Morgan fingerprint density at radius 2 is 2.03 bits per heavy atom. The Morgan fingerprint density at radius 1 is 1.23 bits per heavy atom. The monoisotopic (exact) mass is 532 g/mol. The smallest absolute Gasteiger partial charge is 0.387 e. The van der Waals surface area contributed by atoms with Crippen molar-refractivity contribution in [2.75, 3.05) is 32.1 Å². The van der Waals surface area contributed by atoms with Crippen molar-refractivity contribution in [3.63, 3.8) is 0 Å². The van der Waals surface area contributed by atoms with Gasteiger partial charge in [-0.2, -0.15) is 8.78 Å². The minimum Gasteiger partial charge on any atom is -0.495 e. The summed E-state index contributed by atoms with van der Waals surface area (Å²) in [6.07, 6.45) is 0.969. The van der Waals surface area contributed by atoms with Crippen LogP contribution >= 0.6 is 24.0 Å². The van der Waals surface area contributed by atoms with Gasteiger partial charge in [-0.3, -0.25) is 4.99 Å². The molecule has 164 valence electrons. The van der Waals surface area contributed by atoms with Crippen LogP contribution in [-0.2, 0) is 6.54 Å². The fourth-order valence-electron chi connectivity index (χ4n) is 3.39. The molecule has 1 aliphatic heterocycles. The van der Waals surface area contributed by atoms with Crippen LogP contribution in [-0.4, -0.2) is 45.9 Å². The Kier molecular flexibility index (Phi) is 9.41. The molecule has 1 aliphatic rings. The van der Waals surface area contributed by atoms with Crippen LogP contribution in [0.3, 0.4) is 0 Å². The van der Waals surface area contributed by atoms with Crippen LogP contribution in [0.5, 0.6) is 11.5 Å². The number of para-hydroxylation sites is 2. The summed E-state index contributed by atoms with van der Waals surface area (Å²) < 4.78 is 34.6. The Hall–Kier alpha value is -2.30. The van der Waals surface area contributed by atoms with Crippen molar-refractivity contribution in [3.8, 4) is 11.5 Å². The third-order valence-corrected chi connectivity index (χ3v) is 4.76. The molecule has 6 nitrogen and oxygen atoms in total. The number of anilines is 1. The van der Waals surface area contributed by atoms with Crippen LogP contribution in [0.4, 0.5) is 14.5 Å². The molecule has 1 heterocycles. The summed E-state index contributed by atoms with van der Waals surface area (Å²) >= 11 is 0. The van der Waals surface area contributed by atoms with Gasteiger partial charge in [-0.25, -0.2) is 0 Å². The maximum atomic E-state index is 12.4. The summed E-state index contributed by atoms with van der Waals surface area (Å²) in [4.78, 5) is 6.56. The number of rotatable bonds is 7. The van der Waals surface area contributed by atoms with E-state index in [-0.39, 0.29) is 35.8 Å². The quantitative estimate of drug-likeness (QED) is 0.323. The molecule has 2 N–H and O–H groups in total. The molecule has 0 bridgehead atoms. The highest BCUT2D eigenvalue weighted by Gasteiger charge is 2.25. The highest BCUT2D eigenvalue weighted by Crippen LogP contribution is 2.30. The first-order valence-corrected chi connectivity index (χ1v) is 9.48. The second-order valence-electron chi connectivity index (χ2n) is 6.70. The maximum absolute atomic E-state index is 12.4. The van der Waals surface area contributed by atoms with E-state index in [1.807, 2.05) is 24.3 Å². The molecule has 9 heteroatoms. The minimum atomic E-state index is -2.83. The molecule has 3 rings (SSSR count). The SMILES string of the molecule is CN=C(NCc1cccc(OC(F)F)c1)NC1CCN(c2ccccc2OC)C1.I. The van der Waals surface area contributed by atoms with Crippen LogP contribution in [0.25, 0.3) is 0 Å². The van der Waals surface area contributed by atoms with E-state index in [1.54, 1.807) is 26.3 Å². The number of halogens is 3. The summed E-state index contributed by atoms with van der Waals surface area (Å²) in [6, 6.07) is 14.8. The normalized spacial score (nSPS) is 16.2. The second-order valence-corrected chi connectivity index (χ2v) is 6.70. The number of alkyl halides is 2. The zero-order valence-corrected chi connectivity index (χ0v) is 19.3. The average molecular weight is 532 g/mol. The lowest BCUT2D eigenvalue weighted by Crippen LogP contribution is -2.44. The number of hydrogen-bond donors (Lipinski definition) is 2. The highest BCUT2D eigenvalue weighted by molar-refractivity contribution is 14.0. The van der Waals surface area contributed by atoms with E-state index < -0.39 is 6.61 Å². The first-order valence-electron chi connectivity index (χ1n) is 9.48. The molecule has 1 unspecified atom stereocenters. The van der Waals surface area contributed by atoms with Gasteiger partial charge >= 0.3 is 6.61 Å². The molecule has 1 saturated heterocycles. The molecule has 2 aromatic carbocycles. The van der Waals surface area contributed by atoms with Crippen molar-refractivity contribution in [1.29, 1.82) is 0 Å². The Bertz CT molecular complexity index is 838. The van der Waals surface area contributed by atoms with Crippen molar-refractivity contribution in [3.05, 3.63) is 54.1 Å². The van der Waals surface area contributed by atoms with Crippen LogP contribution in [0, 0.1) is 0 Å². The predicted octanol–water partition coefficient (Wildman–Crippen LogP) is 3.86. The van der Waals surface area contributed by atoms with E-state index in [4.69, 9.17) is 4.74 Å².